The van der Waals surface area contributed by atoms with Crippen LogP contribution in [0.1, 0.15) is 86.5 Å². The van der Waals surface area contributed by atoms with E-state index in [-0.39, 0.29) is 38.2 Å². The minimum atomic E-state index is -0.805. The first-order chi connectivity index (χ1) is 35.2. The van der Waals surface area contributed by atoms with Gasteiger partial charge in [0.1, 0.15) is 38.5 Å². The molecule has 0 aliphatic rings. The predicted octanol–water partition coefficient (Wildman–Crippen LogP) is 6.74. The first-order valence-electron chi connectivity index (χ1n) is 25.1. The lowest BCUT2D eigenvalue weighted by Gasteiger charge is -2.19. The molecular weight excluding hydrogens is 921 g/mol. The highest BCUT2D eigenvalue weighted by atomic mass is 16.6. The molecule has 8 N–H and O–H groups in total. The maximum absolute atomic E-state index is 13.2. The molecule has 6 amide bonds. The van der Waals surface area contributed by atoms with Crippen molar-refractivity contribution in [3.8, 4) is 0 Å². The zero-order valence-corrected chi connectivity index (χ0v) is 41.3. The molecule has 0 bridgehead atoms. The number of rotatable bonds is 35. The van der Waals surface area contributed by atoms with Gasteiger partial charge < -0.3 is 61.5 Å². The Hall–Kier alpha value is -7.18. The summed E-state index contributed by atoms with van der Waals surface area (Å²) in [5.74, 6) is -0.604. The van der Waals surface area contributed by atoms with Gasteiger partial charge in [0.25, 0.3) is 0 Å². The Bertz CT molecular complexity index is 1970. The molecule has 0 heterocycles. The van der Waals surface area contributed by atoms with Gasteiger partial charge in [0.2, 0.25) is 11.8 Å². The molecule has 0 saturated heterocycles. The Balaban J connectivity index is 1.04. The summed E-state index contributed by atoms with van der Waals surface area (Å²) in [6.45, 7) is 5.12. The molecule has 4 aromatic rings. The molecule has 0 unspecified atom stereocenters. The summed E-state index contributed by atoms with van der Waals surface area (Å²) >= 11 is 0. The van der Waals surface area contributed by atoms with Gasteiger partial charge in [0.05, 0.1) is 0 Å². The Morgan fingerprint density at radius 2 is 0.597 bits per heavy atom. The molecule has 0 aliphatic heterocycles. The molecule has 0 spiro atoms. The number of alkyl carbamates (subject to hydrolysis) is 4. The fraction of sp³-hybridized carbons (Fsp3) is 0.444. The number of nitrogens with one attached hydrogen (secondary N) is 8. The second-order valence-corrected chi connectivity index (χ2v) is 17.0. The summed E-state index contributed by atoms with van der Waals surface area (Å²) in [5.41, 5.74) is 3.44. The van der Waals surface area contributed by atoms with Crippen LogP contribution in [0.3, 0.4) is 0 Å². The van der Waals surface area contributed by atoms with Crippen LogP contribution in [0.2, 0.25) is 0 Å². The van der Waals surface area contributed by atoms with E-state index in [1.54, 1.807) is 0 Å². The van der Waals surface area contributed by atoms with Crippen molar-refractivity contribution < 1.29 is 47.7 Å². The van der Waals surface area contributed by atoms with Gasteiger partial charge in [0, 0.05) is 26.2 Å². The number of unbranched alkanes of at least 4 members (excludes halogenated alkanes) is 3. The van der Waals surface area contributed by atoms with Crippen LogP contribution in [0.25, 0.3) is 0 Å². The Morgan fingerprint density at radius 1 is 0.319 bits per heavy atom. The van der Waals surface area contributed by atoms with E-state index in [1.165, 1.54) is 0 Å². The summed E-state index contributed by atoms with van der Waals surface area (Å²) in [5, 5.41) is 23.5. The molecule has 18 nitrogen and oxygen atoms in total. The van der Waals surface area contributed by atoms with Crippen LogP contribution >= 0.6 is 0 Å². The maximum Gasteiger partial charge on any atom is 0.408 e. The van der Waals surface area contributed by atoms with Crippen LogP contribution in [-0.2, 0) is 55.0 Å². The highest BCUT2D eigenvalue weighted by Crippen LogP contribution is 2.08. The second-order valence-electron chi connectivity index (χ2n) is 17.0. The van der Waals surface area contributed by atoms with Gasteiger partial charge in [0.15, 0.2) is 0 Å². The van der Waals surface area contributed by atoms with Gasteiger partial charge in [-0.05, 0) is 113 Å². The number of benzene rings is 4. The lowest BCUT2D eigenvalue weighted by atomic mass is 10.1. The highest BCUT2D eigenvalue weighted by molar-refractivity contribution is 5.86. The van der Waals surface area contributed by atoms with Crippen LogP contribution in [0.15, 0.2) is 121 Å². The van der Waals surface area contributed by atoms with E-state index in [0.29, 0.717) is 90.6 Å². The summed E-state index contributed by atoms with van der Waals surface area (Å²) in [6, 6.07) is 35.8. The normalized spacial score (nSPS) is 11.5. The first-order valence-corrected chi connectivity index (χ1v) is 25.1. The Morgan fingerprint density at radius 3 is 0.931 bits per heavy atom. The molecule has 0 fully saturated rings. The van der Waals surface area contributed by atoms with Crippen molar-refractivity contribution in [2.45, 2.75) is 103 Å². The van der Waals surface area contributed by atoms with E-state index in [4.69, 9.17) is 18.9 Å². The summed E-state index contributed by atoms with van der Waals surface area (Å²) in [7, 11) is 0. The summed E-state index contributed by atoms with van der Waals surface area (Å²) in [6.07, 6.45) is 3.90. The fourth-order valence-corrected chi connectivity index (χ4v) is 7.07. The van der Waals surface area contributed by atoms with Crippen molar-refractivity contribution in [1.29, 1.82) is 0 Å². The number of hydrogen-bond donors (Lipinski definition) is 8. The van der Waals surface area contributed by atoms with Gasteiger partial charge >= 0.3 is 24.4 Å². The molecule has 390 valence electrons. The quantitative estimate of drug-likeness (QED) is 0.0177. The number of carbonyl (C=O) groups excluding carboxylic acids is 6. The topological polar surface area (TPSA) is 236 Å². The average molecular weight is 995 g/mol. The summed E-state index contributed by atoms with van der Waals surface area (Å²) < 4.78 is 21.3. The van der Waals surface area contributed by atoms with Crippen molar-refractivity contribution in [3.63, 3.8) is 0 Å². The predicted molar refractivity (Wildman–Crippen MR) is 274 cm³/mol. The molecule has 0 radical (unpaired) electrons. The van der Waals surface area contributed by atoms with E-state index in [9.17, 15) is 28.8 Å². The lowest BCUT2D eigenvalue weighted by molar-refractivity contribution is -0.124. The zero-order chi connectivity index (χ0) is 51.1. The van der Waals surface area contributed by atoms with Crippen LogP contribution < -0.4 is 42.5 Å². The van der Waals surface area contributed by atoms with Gasteiger partial charge in [-0.25, -0.2) is 19.2 Å². The molecule has 2 atom stereocenters. The van der Waals surface area contributed by atoms with Gasteiger partial charge in [-0.1, -0.05) is 121 Å². The van der Waals surface area contributed by atoms with Crippen LogP contribution in [0, 0.1) is 0 Å². The van der Waals surface area contributed by atoms with Crippen molar-refractivity contribution >= 4 is 36.2 Å². The average Bonchev–Trinajstić information content (AvgIpc) is 3.40. The van der Waals surface area contributed by atoms with Crippen LogP contribution in [-0.4, -0.2) is 101 Å². The number of hydrogen-bond acceptors (Lipinski definition) is 12. The largest absolute Gasteiger partial charge is 0.445 e. The zero-order valence-electron chi connectivity index (χ0n) is 41.3. The third kappa shape index (κ3) is 27.3. The molecule has 18 heteroatoms. The van der Waals surface area contributed by atoms with Crippen molar-refractivity contribution in [1.82, 2.24) is 42.5 Å². The highest BCUT2D eigenvalue weighted by Gasteiger charge is 2.22. The molecule has 0 aromatic heterocycles. The smallest absolute Gasteiger partial charge is 0.408 e. The second kappa shape index (κ2) is 36.7. The van der Waals surface area contributed by atoms with Crippen molar-refractivity contribution in [2.75, 3.05) is 52.4 Å². The number of ether oxygens (including phenoxy) is 4. The first kappa shape index (κ1) is 57.4. The number of amides is 6. The van der Waals surface area contributed by atoms with Gasteiger partial charge in [-0.2, -0.15) is 0 Å². The Kier molecular flexibility index (Phi) is 29.3. The van der Waals surface area contributed by atoms with E-state index >= 15 is 0 Å². The molecule has 4 rings (SSSR count). The SMILES string of the molecule is O=C(NCCCC[C@@H](NC(=O)OCc1ccccc1)C(=O)NCCCNCCCCNCCCNC(=O)[C@@H](CCCCNC(=O)OCc1ccccc1)NC(=O)OCc1ccccc1)OCc1ccccc1. The van der Waals surface area contributed by atoms with Gasteiger partial charge in [-0.3, -0.25) is 9.59 Å². The minimum Gasteiger partial charge on any atom is -0.445 e. The monoisotopic (exact) mass is 995 g/mol. The molecule has 0 saturated carbocycles. The fourth-order valence-electron chi connectivity index (χ4n) is 7.07. The minimum absolute atomic E-state index is 0.0784. The number of carbonyl (C=O) groups is 6. The molecule has 72 heavy (non-hydrogen) atoms. The van der Waals surface area contributed by atoms with Gasteiger partial charge in [-0.15, -0.1) is 0 Å². The van der Waals surface area contributed by atoms with E-state index in [1.807, 2.05) is 121 Å². The third-order valence-corrected chi connectivity index (χ3v) is 11.1. The van der Waals surface area contributed by atoms with E-state index in [0.717, 1.165) is 48.2 Å². The summed E-state index contributed by atoms with van der Waals surface area (Å²) in [4.78, 5) is 75.9. The van der Waals surface area contributed by atoms with Crippen LogP contribution in [0.4, 0.5) is 19.2 Å². The Labute approximate surface area is 423 Å². The van der Waals surface area contributed by atoms with E-state index < -0.39 is 36.5 Å². The van der Waals surface area contributed by atoms with Crippen LogP contribution in [0.5, 0.6) is 0 Å². The molecular formula is C54H74N8O10. The third-order valence-electron chi connectivity index (χ3n) is 11.1. The lowest BCUT2D eigenvalue weighted by Crippen LogP contribution is -2.47. The maximum atomic E-state index is 13.2. The van der Waals surface area contributed by atoms with Crippen molar-refractivity contribution in [2.24, 2.45) is 0 Å². The molecule has 0 aliphatic carbocycles. The standard InChI is InChI=1S/C54H74N8O10/c63-49(47(61-53(67)71-41-45-25-9-3-10-26-45)29-13-15-35-59-51(65)69-39-43-21-5-1-6-22-43)57-37-19-33-55-31-17-18-32-56-34-20-38-58-50(64)48(62-54(68)72-42-46-27-11-4-12-28-46)30-14-16-36-60-52(66)70-40-44-23-7-2-8-24-44/h1-12,21-28,47-48,55-56H,13-20,29-42H2,(H,57,63)(H,58,64)(H,59,65)(H,60,66)(H,61,67)(H,62,68)/t47-,48-/m1/s1. The van der Waals surface area contributed by atoms with Crippen molar-refractivity contribution in [3.05, 3.63) is 144 Å². The van der Waals surface area contributed by atoms with E-state index in [2.05, 4.69) is 42.5 Å². The molecule has 4 aromatic carbocycles.